The van der Waals surface area contributed by atoms with E-state index < -0.39 is 29.4 Å². The van der Waals surface area contributed by atoms with Crippen LogP contribution < -0.4 is 11.1 Å². The van der Waals surface area contributed by atoms with Crippen LogP contribution in [0.25, 0.3) is 0 Å². The zero-order valence-corrected chi connectivity index (χ0v) is 10.6. The van der Waals surface area contributed by atoms with E-state index in [1.807, 2.05) is 0 Å². The summed E-state index contributed by atoms with van der Waals surface area (Å²) in [6.07, 6.45) is 0.807. The molecule has 2 unspecified atom stereocenters. The maximum atomic E-state index is 11.8. The molecule has 1 heterocycles. The summed E-state index contributed by atoms with van der Waals surface area (Å²) in [5.74, 6) is -1.51. The summed E-state index contributed by atoms with van der Waals surface area (Å²) in [7, 11) is 0. The van der Waals surface area contributed by atoms with Gasteiger partial charge < -0.3 is 21.1 Å². The highest BCUT2D eigenvalue weighted by atomic mass is 16.4. The number of carboxylic acid groups (broad SMARTS) is 1. The highest BCUT2D eigenvalue weighted by molar-refractivity contribution is 5.85. The first-order chi connectivity index (χ1) is 8.30. The second-order valence-corrected chi connectivity index (χ2v) is 4.85. The monoisotopic (exact) mass is 257 g/mol. The molecule has 2 atom stereocenters. The Kier molecular flexibility index (Phi) is 4.15. The number of rotatable bonds is 4. The molecule has 102 valence electrons. The fraction of sp³-hybridized carbons (Fsp3) is 0.727. The Hall–Kier alpha value is -1.79. The second-order valence-electron chi connectivity index (χ2n) is 4.85. The van der Waals surface area contributed by atoms with Gasteiger partial charge in [-0.2, -0.15) is 0 Å². The average molecular weight is 257 g/mol. The van der Waals surface area contributed by atoms with Crippen molar-refractivity contribution in [1.82, 2.24) is 10.2 Å². The fourth-order valence-corrected chi connectivity index (χ4v) is 1.91. The van der Waals surface area contributed by atoms with E-state index in [0.717, 1.165) is 0 Å². The van der Waals surface area contributed by atoms with Gasteiger partial charge in [0.2, 0.25) is 5.91 Å². The highest BCUT2D eigenvalue weighted by Gasteiger charge is 2.41. The quantitative estimate of drug-likeness (QED) is 0.644. The van der Waals surface area contributed by atoms with Crippen LogP contribution >= 0.6 is 0 Å². The lowest BCUT2D eigenvalue weighted by molar-refractivity contribution is -0.139. The van der Waals surface area contributed by atoms with Gasteiger partial charge in [0.05, 0.1) is 5.41 Å². The van der Waals surface area contributed by atoms with Crippen LogP contribution in [0, 0.1) is 5.41 Å². The number of likely N-dealkylation sites (tertiary alicyclic amines) is 1. The average Bonchev–Trinajstić information content (AvgIpc) is 2.69. The normalized spacial score (nSPS) is 24.7. The molecule has 0 spiro atoms. The van der Waals surface area contributed by atoms with Crippen molar-refractivity contribution in [2.24, 2.45) is 11.1 Å². The van der Waals surface area contributed by atoms with Gasteiger partial charge in [-0.05, 0) is 19.8 Å². The summed E-state index contributed by atoms with van der Waals surface area (Å²) in [6.45, 7) is 4.01. The van der Waals surface area contributed by atoms with Crippen molar-refractivity contribution in [1.29, 1.82) is 0 Å². The lowest BCUT2D eigenvalue weighted by Crippen LogP contribution is -2.48. The van der Waals surface area contributed by atoms with E-state index in [-0.39, 0.29) is 6.54 Å². The number of carbonyl (C=O) groups is 3. The summed E-state index contributed by atoms with van der Waals surface area (Å²) in [5, 5.41) is 11.3. The molecule has 1 rings (SSSR count). The summed E-state index contributed by atoms with van der Waals surface area (Å²) < 4.78 is 0. The van der Waals surface area contributed by atoms with E-state index in [4.69, 9.17) is 10.8 Å². The number of primary amides is 1. The Morgan fingerprint density at radius 2 is 2.11 bits per heavy atom. The van der Waals surface area contributed by atoms with Crippen LogP contribution in [-0.2, 0) is 9.59 Å². The molecule has 7 nitrogen and oxygen atoms in total. The number of carboxylic acids is 1. The molecule has 0 aromatic heterocycles. The summed E-state index contributed by atoms with van der Waals surface area (Å²) in [4.78, 5) is 35.3. The molecule has 0 radical (unpaired) electrons. The number of nitrogens with zero attached hydrogens (tertiary/aromatic N) is 1. The summed E-state index contributed by atoms with van der Waals surface area (Å²) in [6, 6.07) is -1.37. The van der Waals surface area contributed by atoms with Gasteiger partial charge >= 0.3 is 12.0 Å². The van der Waals surface area contributed by atoms with Gasteiger partial charge in [-0.15, -0.1) is 0 Å². The molecule has 0 aliphatic carbocycles. The Morgan fingerprint density at radius 3 is 2.50 bits per heavy atom. The molecule has 1 aliphatic rings. The molecule has 0 saturated carbocycles. The van der Waals surface area contributed by atoms with Crippen LogP contribution in [0.4, 0.5) is 4.79 Å². The molecule has 7 heteroatoms. The third-order valence-corrected chi connectivity index (χ3v) is 3.36. The van der Waals surface area contributed by atoms with Crippen molar-refractivity contribution < 1.29 is 19.5 Å². The van der Waals surface area contributed by atoms with Crippen LogP contribution in [0.15, 0.2) is 0 Å². The van der Waals surface area contributed by atoms with Crippen LogP contribution in [0.5, 0.6) is 0 Å². The van der Waals surface area contributed by atoms with Crippen molar-refractivity contribution in [3.05, 3.63) is 0 Å². The lowest BCUT2D eigenvalue weighted by Gasteiger charge is -2.22. The topological polar surface area (TPSA) is 113 Å². The first kappa shape index (κ1) is 14.3. The van der Waals surface area contributed by atoms with Crippen molar-refractivity contribution >= 4 is 17.9 Å². The van der Waals surface area contributed by atoms with Gasteiger partial charge in [-0.25, -0.2) is 9.59 Å². The number of hydrogen-bond acceptors (Lipinski definition) is 3. The van der Waals surface area contributed by atoms with Crippen LogP contribution in [0.3, 0.4) is 0 Å². The molecule has 0 bridgehead atoms. The van der Waals surface area contributed by atoms with Crippen molar-refractivity contribution in [3.8, 4) is 0 Å². The van der Waals surface area contributed by atoms with Gasteiger partial charge in [0.15, 0.2) is 0 Å². The minimum absolute atomic E-state index is 0.226. The van der Waals surface area contributed by atoms with Crippen LogP contribution in [0.2, 0.25) is 0 Å². The number of carbonyl (C=O) groups excluding carboxylic acids is 2. The van der Waals surface area contributed by atoms with E-state index in [1.165, 1.54) is 4.90 Å². The zero-order valence-electron chi connectivity index (χ0n) is 10.6. The Labute approximate surface area is 105 Å². The third kappa shape index (κ3) is 2.91. The highest BCUT2D eigenvalue weighted by Crippen LogP contribution is 2.29. The van der Waals surface area contributed by atoms with Crippen molar-refractivity contribution in [3.63, 3.8) is 0 Å². The fourth-order valence-electron chi connectivity index (χ4n) is 1.91. The maximum absolute atomic E-state index is 11.8. The lowest BCUT2D eigenvalue weighted by atomic mass is 9.89. The van der Waals surface area contributed by atoms with E-state index in [1.54, 1.807) is 13.8 Å². The number of aliphatic carboxylic acids is 1. The second kappa shape index (κ2) is 5.24. The Morgan fingerprint density at radius 1 is 1.50 bits per heavy atom. The molecule has 1 fully saturated rings. The van der Waals surface area contributed by atoms with Gasteiger partial charge in [-0.3, -0.25) is 4.79 Å². The predicted molar refractivity (Wildman–Crippen MR) is 63.7 cm³/mol. The summed E-state index contributed by atoms with van der Waals surface area (Å²) >= 11 is 0. The van der Waals surface area contributed by atoms with E-state index in [9.17, 15) is 14.4 Å². The maximum Gasteiger partial charge on any atom is 0.326 e. The number of nitrogens with two attached hydrogens (primary N) is 1. The Balaban J connectivity index is 2.60. The molecule has 1 aliphatic heterocycles. The van der Waals surface area contributed by atoms with Crippen LogP contribution in [-0.4, -0.2) is 47.0 Å². The van der Waals surface area contributed by atoms with E-state index >= 15 is 0 Å². The first-order valence-corrected chi connectivity index (χ1v) is 5.88. The molecule has 0 aromatic carbocycles. The molecule has 0 aromatic rings. The first-order valence-electron chi connectivity index (χ1n) is 5.88. The predicted octanol–water partition coefficient (Wildman–Crippen LogP) is -0.243. The van der Waals surface area contributed by atoms with Crippen LogP contribution in [0.1, 0.15) is 26.7 Å². The molecule has 4 N–H and O–H groups in total. The van der Waals surface area contributed by atoms with Crippen molar-refractivity contribution in [2.75, 3.05) is 13.1 Å². The number of hydrogen-bond donors (Lipinski definition) is 3. The standard InChI is InChI=1S/C11H19N3O4/c1-3-7(8(15)16)13-10(18)14-5-4-11(2,6-14)9(12)17/h7H,3-6H2,1-2H3,(H2,12,17)(H,13,18)(H,15,16). The van der Waals surface area contributed by atoms with E-state index in [0.29, 0.717) is 19.4 Å². The largest absolute Gasteiger partial charge is 0.480 e. The molecule has 1 saturated heterocycles. The minimum Gasteiger partial charge on any atom is -0.480 e. The summed E-state index contributed by atoms with van der Waals surface area (Å²) in [5.41, 5.74) is 4.56. The van der Waals surface area contributed by atoms with Gasteiger partial charge in [-0.1, -0.05) is 6.92 Å². The third-order valence-electron chi connectivity index (χ3n) is 3.36. The zero-order chi connectivity index (χ0) is 13.9. The molecular formula is C11H19N3O4. The smallest absolute Gasteiger partial charge is 0.326 e. The number of urea groups is 1. The number of amides is 3. The molecule has 18 heavy (non-hydrogen) atoms. The molecule has 3 amide bonds. The van der Waals surface area contributed by atoms with Gasteiger partial charge in [0, 0.05) is 13.1 Å². The SMILES string of the molecule is CCC(NC(=O)N1CCC(C)(C(N)=O)C1)C(=O)O. The minimum atomic E-state index is -1.07. The van der Waals surface area contributed by atoms with Gasteiger partial charge in [0.1, 0.15) is 6.04 Å². The van der Waals surface area contributed by atoms with E-state index in [2.05, 4.69) is 5.32 Å². The molecular weight excluding hydrogens is 238 g/mol. The Bertz CT molecular complexity index is 371. The van der Waals surface area contributed by atoms with Gasteiger partial charge in [0.25, 0.3) is 0 Å². The van der Waals surface area contributed by atoms with Crippen molar-refractivity contribution in [2.45, 2.75) is 32.7 Å². The number of nitrogens with one attached hydrogen (secondary N) is 1.